The van der Waals surface area contributed by atoms with E-state index in [4.69, 9.17) is 0 Å². The number of hydrogen-bond donors (Lipinski definition) is 1. The van der Waals surface area contributed by atoms with E-state index in [1.165, 1.54) is 29.0 Å². The Morgan fingerprint density at radius 2 is 1.73 bits per heavy atom. The molecule has 0 bridgehead atoms. The fourth-order valence-electron chi connectivity index (χ4n) is 3.21. The molecule has 0 atom stereocenters. The number of amides is 1. The van der Waals surface area contributed by atoms with E-state index in [9.17, 15) is 22.8 Å². The van der Waals surface area contributed by atoms with E-state index in [1.807, 2.05) is 30.3 Å². The van der Waals surface area contributed by atoms with Crippen LogP contribution in [0.5, 0.6) is 0 Å². The minimum Gasteiger partial charge on any atom is -0.325 e. The van der Waals surface area contributed by atoms with Crippen LogP contribution in [0.1, 0.15) is 11.1 Å². The van der Waals surface area contributed by atoms with Crippen molar-refractivity contribution in [2.45, 2.75) is 17.9 Å². The third-order valence-electron chi connectivity index (χ3n) is 4.72. The molecule has 2 heterocycles. The molecule has 4 aromatic rings. The second-order valence-corrected chi connectivity index (χ2v) is 7.97. The Morgan fingerprint density at radius 3 is 2.48 bits per heavy atom. The third-order valence-corrected chi connectivity index (χ3v) is 5.69. The number of alkyl halides is 3. The average molecular weight is 470 g/mol. The number of halogens is 3. The monoisotopic (exact) mass is 470 g/mol. The number of pyridine rings is 1. The first-order valence-corrected chi connectivity index (χ1v) is 10.8. The van der Waals surface area contributed by atoms with E-state index in [2.05, 4.69) is 15.3 Å². The standard InChI is InChI=1S/C23H17F3N4O2S/c24-23(25,26)17-10-4-5-11-18(17)28-19(31)14-33-22-29-20-16(9-6-12-27-20)21(32)30(22)13-15-7-2-1-3-8-15/h1-12H,13-14H2,(H,28,31). The first kappa shape index (κ1) is 22.5. The van der Waals surface area contributed by atoms with Gasteiger partial charge in [-0.1, -0.05) is 54.2 Å². The van der Waals surface area contributed by atoms with Crippen molar-refractivity contribution >= 4 is 34.4 Å². The number of carbonyl (C=O) groups is 1. The van der Waals surface area contributed by atoms with Crippen LogP contribution in [-0.2, 0) is 17.5 Å². The van der Waals surface area contributed by atoms with Gasteiger partial charge in [0, 0.05) is 6.20 Å². The van der Waals surface area contributed by atoms with Gasteiger partial charge in [-0.2, -0.15) is 13.2 Å². The van der Waals surface area contributed by atoms with Gasteiger partial charge in [-0.3, -0.25) is 14.2 Å². The van der Waals surface area contributed by atoms with Crippen LogP contribution in [0.2, 0.25) is 0 Å². The minimum atomic E-state index is -4.60. The summed E-state index contributed by atoms with van der Waals surface area (Å²) in [6.07, 6.45) is -3.09. The molecule has 0 spiro atoms. The molecule has 0 saturated carbocycles. The largest absolute Gasteiger partial charge is 0.418 e. The first-order valence-electron chi connectivity index (χ1n) is 9.81. The normalized spacial score (nSPS) is 11.5. The number of nitrogens with zero attached hydrogens (tertiary/aromatic N) is 3. The maximum Gasteiger partial charge on any atom is 0.418 e. The van der Waals surface area contributed by atoms with Crippen LogP contribution in [0.4, 0.5) is 18.9 Å². The van der Waals surface area contributed by atoms with Crippen molar-refractivity contribution in [3.05, 3.63) is 94.4 Å². The molecule has 0 unspecified atom stereocenters. The van der Waals surface area contributed by atoms with Crippen LogP contribution in [-0.4, -0.2) is 26.2 Å². The highest BCUT2D eigenvalue weighted by Gasteiger charge is 2.33. The highest BCUT2D eigenvalue weighted by atomic mass is 32.2. The van der Waals surface area contributed by atoms with Gasteiger partial charge in [0.25, 0.3) is 5.56 Å². The van der Waals surface area contributed by atoms with Gasteiger partial charge in [0.15, 0.2) is 10.8 Å². The molecule has 2 aromatic heterocycles. The summed E-state index contributed by atoms with van der Waals surface area (Å²) in [6.45, 7) is 0.221. The van der Waals surface area contributed by atoms with Crippen molar-refractivity contribution in [1.82, 2.24) is 14.5 Å². The van der Waals surface area contributed by atoms with Gasteiger partial charge in [0.2, 0.25) is 5.91 Å². The summed E-state index contributed by atoms with van der Waals surface area (Å²) in [7, 11) is 0. The van der Waals surface area contributed by atoms with Crippen molar-refractivity contribution in [2.24, 2.45) is 0 Å². The molecular formula is C23H17F3N4O2S. The molecule has 168 valence electrons. The molecule has 0 saturated heterocycles. The number of anilines is 1. The Bertz CT molecular complexity index is 1360. The number of thioether (sulfide) groups is 1. The van der Waals surface area contributed by atoms with Gasteiger partial charge in [-0.15, -0.1) is 0 Å². The van der Waals surface area contributed by atoms with E-state index in [0.29, 0.717) is 5.39 Å². The molecule has 4 rings (SSSR count). The van der Waals surface area contributed by atoms with E-state index in [1.54, 1.807) is 12.1 Å². The summed E-state index contributed by atoms with van der Waals surface area (Å²) in [6, 6.07) is 17.3. The van der Waals surface area contributed by atoms with Crippen LogP contribution < -0.4 is 10.9 Å². The molecule has 33 heavy (non-hydrogen) atoms. The van der Waals surface area contributed by atoms with Crippen LogP contribution in [0, 0.1) is 0 Å². The van der Waals surface area contributed by atoms with Crippen molar-refractivity contribution in [3.63, 3.8) is 0 Å². The van der Waals surface area contributed by atoms with Crippen LogP contribution in [0.3, 0.4) is 0 Å². The van der Waals surface area contributed by atoms with E-state index in [0.717, 1.165) is 23.4 Å². The fraction of sp³-hybridized carbons (Fsp3) is 0.130. The molecule has 0 fully saturated rings. The number of fused-ring (bicyclic) bond motifs is 1. The minimum absolute atomic E-state index is 0.221. The van der Waals surface area contributed by atoms with Crippen molar-refractivity contribution in [1.29, 1.82) is 0 Å². The van der Waals surface area contributed by atoms with Gasteiger partial charge in [0.1, 0.15) is 0 Å². The molecule has 10 heteroatoms. The molecule has 0 aliphatic rings. The van der Waals surface area contributed by atoms with E-state index >= 15 is 0 Å². The summed E-state index contributed by atoms with van der Waals surface area (Å²) in [5, 5.41) is 2.88. The van der Waals surface area contributed by atoms with Crippen molar-refractivity contribution in [3.8, 4) is 0 Å². The topological polar surface area (TPSA) is 76.9 Å². The van der Waals surface area contributed by atoms with Gasteiger partial charge in [0.05, 0.1) is 28.9 Å². The Kier molecular flexibility index (Phi) is 6.45. The molecule has 0 aliphatic carbocycles. The Balaban J connectivity index is 1.60. The zero-order chi connectivity index (χ0) is 23.4. The second-order valence-electron chi connectivity index (χ2n) is 7.03. The lowest BCUT2D eigenvalue weighted by Crippen LogP contribution is -2.25. The van der Waals surface area contributed by atoms with E-state index in [-0.39, 0.29) is 34.3 Å². The molecule has 0 radical (unpaired) electrons. The number of benzene rings is 2. The summed E-state index contributed by atoms with van der Waals surface area (Å²) >= 11 is 0.955. The first-order chi connectivity index (χ1) is 15.8. The van der Waals surface area contributed by atoms with Crippen LogP contribution in [0.15, 0.2) is 82.9 Å². The number of rotatable bonds is 6. The Morgan fingerprint density at radius 1 is 1.00 bits per heavy atom. The highest BCUT2D eigenvalue weighted by Crippen LogP contribution is 2.34. The number of aromatic nitrogens is 3. The Labute approximate surface area is 190 Å². The van der Waals surface area contributed by atoms with Gasteiger partial charge in [-0.05, 0) is 29.8 Å². The smallest absolute Gasteiger partial charge is 0.325 e. The van der Waals surface area contributed by atoms with Gasteiger partial charge < -0.3 is 5.32 Å². The lowest BCUT2D eigenvalue weighted by atomic mass is 10.1. The summed E-state index contributed by atoms with van der Waals surface area (Å²) < 4.78 is 41.0. The number of para-hydroxylation sites is 1. The number of hydrogen-bond acceptors (Lipinski definition) is 5. The maximum atomic E-state index is 13.2. The Hall–Kier alpha value is -3.66. The zero-order valence-electron chi connectivity index (χ0n) is 17.0. The maximum absolute atomic E-state index is 13.2. The zero-order valence-corrected chi connectivity index (χ0v) is 17.9. The molecular weight excluding hydrogens is 453 g/mol. The van der Waals surface area contributed by atoms with Crippen molar-refractivity contribution in [2.75, 3.05) is 11.1 Å². The van der Waals surface area contributed by atoms with Crippen molar-refractivity contribution < 1.29 is 18.0 Å². The van der Waals surface area contributed by atoms with Crippen LogP contribution >= 0.6 is 11.8 Å². The molecule has 1 N–H and O–H groups in total. The average Bonchev–Trinajstić information content (AvgIpc) is 2.80. The summed E-state index contributed by atoms with van der Waals surface area (Å²) in [4.78, 5) is 34.1. The van der Waals surface area contributed by atoms with Gasteiger partial charge in [-0.25, -0.2) is 9.97 Å². The third kappa shape index (κ3) is 5.23. The second kappa shape index (κ2) is 9.45. The highest BCUT2D eigenvalue weighted by molar-refractivity contribution is 7.99. The predicted molar refractivity (Wildman–Crippen MR) is 120 cm³/mol. The van der Waals surface area contributed by atoms with Gasteiger partial charge >= 0.3 is 6.18 Å². The fourth-order valence-corrected chi connectivity index (χ4v) is 3.99. The number of nitrogens with one attached hydrogen (secondary N) is 1. The number of carbonyl (C=O) groups excluding carboxylic acids is 1. The predicted octanol–water partition coefficient (Wildman–Crippen LogP) is 4.59. The summed E-state index contributed by atoms with van der Waals surface area (Å²) in [5.41, 5.74) is -0.489. The molecule has 0 aliphatic heterocycles. The lowest BCUT2D eigenvalue weighted by molar-refractivity contribution is -0.137. The van der Waals surface area contributed by atoms with E-state index < -0.39 is 17.6 Å². The molecule has 2 aromatic carbocycles. The SMILES string of the molecule is O=C(CSc1nc2ncccc2c(=O)n1Cc1ccccc1)Nc1ccccc1C(F)(F)F. The molecule has 6 nitrogen and oxygen atoms in total. The summed E-state index contributed by atoms with van der Waals surface area (Å²) in [5.74, 6) is -0.899. The van der Waals surface area contributed by atoms with Crippen LogP contribution in [0.25, 0.3) is 11.0 Å². The lowest BCUT2D eigenvalue weighted by Gasteiger charge is -2.14. The quantitative estimate of drug-likeness (QED) is 0.330. The molecule has 1 amide bonds.